The highest BCUT2D eigenvalue weighted by Crippen LogP contribution is 2.12. The van der Waals surface area contributed by atoms with Crippen molar-refractivity contribution in [3.63, 3.8) is 0 Å². The largest absolute Gasteiger partial charge is 0.373 e. The molecule has 0 saturated carbocycles. The molecule has 0 aliphatic rings. The number of aryl methyl sites for hydroxylation is 1. The molecule has 1 aromatic rings. The van der Waals surface area contributed by atoms with Crippen LogP contribution in [0.2, 0.25) is 0 Å². The number of unbranched alkanes of at least 4 members (excludes halogenated alkanes) is 1. The molecular formula is C16H31N5. The molecule has 5 nitrogen and oxygen atoms in total. The van der Waals surface area contributed by atoms with E-state index in [1.807, 2.05) is 13.1 Å². The van der Waals surface area contributed by atoms with Crippen LogP contribution in [0.5, 0.6) is 0 Å². The summed E-state index contributed by atoms with van der Waals surface area (Å²) in [5.74, 6) is 2.72. The Bertz CT molecular complexity index is 406. The lowest BCUT2D eigenvalue weighted by Gasteiger charge is -2.20. The Morgan fingerprint density at radius 1 is 1.19 bits per heavy atom. The molecule has 1 rings (SSSR count). The molecule has 0 aliphatic heterocycles. The summed E-state index contributed by atoms with van der Waals surface area (Å²) in [4.78, 5) is 11.4. The zero-order valence-corrected chi connectivity index (χ0v) is 14.2. The van der Waals surface area contributed by atoms with Gasteiger partial charge in [-0.25, -0.2) is 9.97 Å². The van der Waals surface area contributed by atoms with E-state index in [0.29, 0.717) is 6.04 Å². The predicted molar refractivity (Wildman–Crippen MR) is 91.1 cm³/mol. The fourth-order valence-electron chi connectivity index (χ4n) is 2.01. The van der Waals surface area contributed by atoms with E-state index < -0.39 is 0 Å². The molecule has 1 heterocycles. The minimum absolute atomic E-state index is 0.620. The first-order chi connectivity index (χ1) is 10.1. The van der Waals surface area contributed by atoms with E-state index in [0.717, 1.165) is 49.8 Å². The van der Waals surface area contributed by atoms with Gasteiger partial charge in [0.25, 0.3) is 0 Å². The van der Waals surface area contributed by atoms with Gasteiger partial charge in [0.2, 0.25) is 0 Å². The number of aromatic nitrogens is 2. The Morgan fingerprint density at radius 3 is 2.52 bits per heavy atom. The van der Waals surface area contributed by atoms with Gasteiger partial charge in [-0.2, -0.15) is 0 Å². The zero-order chi connectivity index (χ0) is 15.7. The minimum Gasteiger partial charge on any atom is -0.373 e. The van der Waals surface area contributed by atoms with Gasteiger partial charge in [-0.15, -0.1) is 0 Å². The molecular weight excluding hydrogens is 262 g/mol. The number of nitrogens with one attached hydrogen (secondary N) is 2. The van der Waals surface area contributed by atoms with Gasteiger partial charge >= 0.3 is 0 Å². The van der Waals surface area contributed by atoms with Crippen molar-refractivity contribution >= 4 is 11.6 Å². The SMILES string of the molecule is CCCc1nc(NC)cc(NCCCCN(C)C(C)C)n1. The summed E-state index contributed by atoms with van der Waals surface area (Å²) in [6.07, 6.45) is 4.34. The Kier molecular flexibility index (Phi) is 8.05. The maximum atomic E-state index is 4.56. The second-order valence-electron chi connectivity index (χ2n) is 5.76. The summed E-state index contributed by atoms with van der Waals surface area (Å²) in [5, 5.41) is 6.51. The van der Waals surface area contributed by atoms with Gasteiger partial charge in [-0.1, -0.05) is 6.92 Å². The maximum absolute atomic E-state index is 4.56. The van der Waals surface area contributed by atoms with Gasteiger partial charge in [-0.05, 0) is 46.7 Å². The quantitative estimate of drug-likeness (QED) is 0.650. The summed E-state index contributed by atoms with van der Waals surface area (Å²) < 4.78 is 0. The maximum Gasteiger partial charge on any atom is 0.133 e. The highest BCUT2D eigenvalue weighted by atomic mass is 15.1. The van der Waals surface area contributed by atoms with Crippen LogP contribution in [0.4, 0.5) is 11.6 Å². The van der Waals surface area contributed by atoms with E-state index in [2.05, 4.69) is 53.3 Å². The van der Waals surface area contributed by atoms with E-state index >= 15 is 0 Å². The van der Waals surface area contributed by atoms with Gasteiger partial charge in [0.05, 0.1) is 0 Å². The van der Waals surface area contributed by atoms with Crippen LogP contribution in [-0.2, 0) is 6.42 Å². The van der Waals surface area contributed by atoms with Gasteiger partial charge in [0.15, 0.2) is 0 Å². The second kappa shape index (κ2) is 9.55. The summed E-state index contributed by atoms with van der Waals surface area (Å²) in [5.41, 5.74) is 0. The molecule has 0 fully saturated rings. The number of hydrogen-bond donors (Lipinski definition) is 2. The smallest absolute Gasteiger partial charge is 0.133 e. The Hall–Kier alpha value is -1.36. The highest BCUT2D eigenvalue weighted by molar-refractivity contribution is 5.47. The summed E-state index contributed by atoms with van der Waals surface area (Å²) in [6, 6.07) is 2.59. The molecule has 0 radical (unpaired) electrons. The first kappa shape index (κ1) is 17.7. The van der Waals surface area contributed by atoms with Crippen molar-refractivity contribution in [2.24, 2.45) is 0 Å². The lowest BCUT2D eigenvalue weighted by Crippen LogP contribution is -2.27. The highest BCUT2D eigenvalue weighted by Gasteiger charge is 2.04. The summed E-state index contributed by atoms with van der Waals surface area (Å²) >= 11 is 0. The molecule has 0 spiro atoms. The fraction of sp³-hybridized carbons (Fsp3) is 0.750. The number of nitrogens with zero attached hydrogens (tertiary/aromatic N) is 3. The Balaban J connectivity index is 2.39. The topological polar surface area (TPSA) is 53.1 Å². The van der Waals surface area contributed by atoms with E-state index in [1.54, 1.807) is 0 Å². The average molecular weight is 293 g/mol. The number of anilines is 2. The molecule has 120 valence electrons. The van der Waals surface area contributed by atoms with Crippen molar-refractivity contribution in [3.8, 4) is 0 Å². The lowest BCUT2D eigenvalue weighted by molar-refractivity contribution is 0.269. The number of rotatable bonds is 10. The third-order valence-corrected chi connectivity index (χ3v) is 3.63. The Morgan fingerprint density at radius 2 is 1.90 bits per heavy atom. The Labute approximate surface area is 129 Å². The van der Waals surface area contributed by atoms with Gasteiger partial charge < -0.3 is 15.5 Å². The molecule has 0 amide bonds. The lowest BCUT2D eigenvalue weighted by atomic mass is 10.2. The first-order valence-electron chi connectivity index (χ1n) is 8.06. The van der Waals surface area contributed by atoms with Crippen molar-refractivity contribution in [2.75, 3.05) is 37.8 Å². The second-order valence-corrected chi connectivity index (χ2v) is 5.76. The summed E-state index contributed by atoms with van der Waals surface area (Å²) in [7, 11) is 4.07. The van der Waals surface area contributed by atoms with Crippen LogP contribution in [0.15, 0.2) is 6.07 Å². The molecule has 1 aromatic heterocycles. The third kappa shape index (κ3) is 6.76. The fourth-order valence-corrected chi connectivity index (χ4v) is 2.01. The van der Waals surface area contributed by atoms with Crippen molar-refractivity contribution in [2.45, 2.75) is 52.5 Å². The molecule has 0 aromatic carbocycles. The summed E-state index contributed by atoms with van der Waals surface area (Å²) in [6.45, 7) is 8.71. The van der Waals surface area contributed by atoms with Gasteiger partial charge in [0, 0.05) is 32.1 Å². The predicted octanol–water partition coefficient (Wildman–Crippen LogP) is 3.00. The van der Waals surface area contributed by atoms with Crippen LogP contribution in [0.1, 0.15) is 45.9 Å². The van der Waals surface area contributed by atoms with Crippen LogP contribution < -0.4 is 10.6 Å². The molecule has 2 N–H and O–H groups in total. The molecule has 0 aliphatic carbocycles. The van der Waals surface area contributed by atoms with Crippen molar-refractivity contribution in [1.29, 1.82) is 0 Å². The van der Waals surface area contributed by atoms with Crippen molar-refractivity contribution < 1.29 is 0 Å². The van der Waals surface area contributed by atoms with E-state index in [9.17, 15) is 0 Å². The van der Waals surface area contributed by atoms with Crippen molar-refractivity contribution in [3.05, 3.63) is 11.9 Å². The van der Waals surface area contributed by atoms with Crippen LogP contribution in [0.3, 0.4) is 0 Å². The monoisotopic (exact) mass is 293 g/mol. The molecule has 0 bridgehead atoms. The standard InChI is InChI=1S/C16H31N5/c1-6-9-14-19-15(17-4)12-16(20-14)18-10-7-8-11-21(5)13(2)3/h12-13H,6-11H2,1-5H3,(H2,17,18,19,20). The third-order valence-electron chi connectivity index (χ3n) is 3.63. The molecule has 5 heteroatoms. The zero-order valence-electron chi connectivity index (χ0n) is 14.2. The van der Waals surface area contributed by atoms with Crippen LogP contribution >= 0.6 is 0 Å². The molecule has 21 heavy (non-hydrogen) atoms. The van der Waals surface area contributed by atoms with Gasteiger partial charge in [0.1, 0.15) is 17.5 Å². The molecule has 0 saturated heterocycles. The van der Waals surface area contributed by atoms with Gasteiger partial charge in [-0.3, -0.25) is 0 Å². The van der Waals surface area contributed by atoms with Crippen LogP contribution in [0, 0.1) is 0 Å². The minimum atomic E-state index is 0.620. The van der Waals surface area contributed by atoms with E-state index in [1.165, 1.54) is 6.42 Å². The van der Waals surface area contributed by atoms with E-state index in [-0.39, 0.29) is 0 Å². The number of hydrogen-bond acceptors (Lipinski definition) is 5. The first-order valence-corrected chi connectivity index (χ1v) is 8.06. The average Bonchev–Trinajstić information content (AvgIpc) is 2.46. The molecule has 0 atom stereocenters. The van der Waals surface area contributed by atoms with E-state index in [4.69, 9.17) is 0 Å². The van der Waals surface area contributed by atoms with Crippen molar-refractivity contribution in [1.82, 2.24) is 14.9 Å². The van der Waals surface area contributed by atoms with Crippen LogP contribution in [0.25, 0.3) is 0 Å². The van der Waals surface area contributed by atoms with Crippen LogP contribution in [-0.4, -0.2) is 48.1 Å². The normalized spacial score (nSPS) is 11.2. The molecule has 0 unspecified atom stereocenters.